The molecule has 3 nitrogen and oxygen atoms in total. The minimum Gasteiger partial charge on any atom is -0.342 e. The lowest BCUT2D eigenvalue weighted by molar-refractivity contribution is 0.263. The van der Waals surface area contributed by atoms with Gasteiger partial charge in [-0.15, -0.1) is 0 Å². The van der Waals surface area contributed by atoms with E-state index in [0.717, 1.165) is 31.6 Å². The third-order valence-electron chi connectivity index (χ3n) is 5.83. The minimum atomic E-state index is -0.182. The number of nitrogens with zero attached hydrogens (tertiary/aromatic N) is 3. The van der Waals surface area contributed by atoms with Crippen LogP contribution in [0.5, 0.6) is 0 Å². The Morgan fingerprint density at radius 2 is 1.85 bits per heavy atom. The fraction of sp³-hybridized carbons (Fsp3) is 0.391. The lowest BCUT2D eigenvalue weighted by Crippen LogP contribution is -2.29. The molecule has 2 aromatic carbocycles. The smallest absolute Gasteiger partial charge is 0.123 e. The summed E-state index contributed by atoms with van der Waals surface area (Å²) >= 11 is 0. The van der Waals surface area contributed by atoms with Crippen LogP contribution in [0.15, 0.2) is 42.5 Å². The third kappa shape index (κ3) is 3.40. The Kier molecular flexibility index (Phi) is 4.79. The topological polar surface area (TPSA) is 11.4 Å². The first-order valence-corrected chi connectivity index (χ1v) is 9.65. The van der Waals surface area contributed by atoms with Crippen LogP contribution in [0.25, 0.3) is 10.9 Å². The number of halogens is 1. The van der Waals surface area contributed by atoms with Crippen LogP contribution in [0.1, 0.15) is 28.4 Å². The van der Waals surface area contributed by atoms with Crippen LogP contribution in [0, 0.1) is 12.7 Å². The van der Waals surface area contributed by atoms with Crippen LogP contribution in [-0.2, 0) is 19.5 Å². The molecule has 0 N–H and O–H groups in total. The Hall–Kier alpha value is -2.17. The molecular formula is C23H28FN3. The first kappa shape index (κ1) is 18.2. The third-order valence-corrected chi connectivity index (χ3v) is 5.83. The highest BCUT2D eigenvalue weighted by Crippen LogP contribution is 2.33. The Balaban J connectivity index is 1.81. The van der Waals surface area contributed by atoms with E-state index in [1.54, 1.807) is 12.1 Å². The molecular weight excluding hydrogens is 337 g/mol. The van der Waals surface area contributed by atoms with E-state index in [2.05, 4.69) is 60.6 Å². The predicted octanol–water partition coefficient (Wildman–Crippen LogP) is 4.38. The van der Waals surface area contributed by atoms with Gasteiger partial charge in [-0.25, -0.2) is 4.39 Å². The monoisotopic (exact) mass is 365 g/mol. The molecule has 1 unspecified atom stereocenters. The summed E-state index contributed by atoms with van der Waals surface area (Å²) in [4.78, 5) is 4.63. The maximum absolute atomic E-state index is 13.4. The number of fused-ring (bicyclic) bond motifs is 3. The summed E-state index contributed by atoms with van der Waals surface area (Å²) in [6, 6.07) is 13.9. The first-order chi connectivity index (χ1) is 12.9. The molecule has 0 saturated carbocycles. The van der Waals surface area contributed by atoms with Crippen molar-refractivity contribution in [1.29, 1.82) is 0 Å². The van der Waals surface area contributed by atoms with Gasteiger partial charge in [0.15, 0.2) is 0 Å². The van der Waals surface area contributed by atoms with Gasteiger partial charge in [0.1, 0.15) is 5.82 Å². The SMILES string of the molecule is Cc1ccc2c(c1)c1c(n2CC(c2ccc(F)cc2)N(C)C)CCN(C)C1. The van der Waals surface area contributed by atoms with Crippen molar-refractivity contribution in [2.45, 2.75) is 32.5 Å². The van der Waals surface area contributed by atoms with Crippen LogP contribution in [-0.4, -0.2) is 42.1 Å². The lowest BCUT2D eigenvalue weighted by atomic mass is 10.0. The van der Waals surface area contributed by atoms with E-state index >= 15 is 0 Å². The van der Waals surface area contributed by atoms with Crippen molar-refractivity contribution in [2.24, 2.45) is 0 Å². The maximum Gasteiger partial charge on any atom is 0.123 e. The number of aryl methyl sites for hydroxylation is 1. The predicted molar refractivity (Wildman–Crippen MR) is 110 cm³/mol. The molecule has 0 aliphatic carbocycles. The van der Waals surface area contributed by atoms with Gasteiger partial charge >= 0.3 is 0 Å². The number of aromatic nitrogens is 1. The van der Waals surface area contributed by atoms with Gasteiger partial charge in [0.25, 0.3) is 0 Å². The van der Waals surface area contributed by atoms with Crippen molar-refractivity contribution in [3.05, 3.63) is 70.7 Å². The molecule has 0 radical (unpaired) electrons. The summed E-state index contributed by atoms with van der Waals surface area (Å²) in [6.45, 7) is 5.13. The van der Waals surface area contributed by atoms with E-state index in [1.165, 1.54) is 27.7 Å². The largest absolute Gasteiger partial charge is 0.342 e. The summed E-state index contributed by atoms with van der Waals surface area (Å²) in [5, 5.41) is 1.38. The quantitative estimate of drug-likeness (QED) is 0.680. The van der Waals surface area contributed by atoms with Gasteiger partial charge in [-0.1, -0.05) is 23.8 Å². The van der Waals surface area contributed by atoms with E-state index in [0.29, 0.717) is 0 Å². The average molecular weight is 365 g/mol. The molecule has 27 heavy (non-hydrogen) atoms. The van der Waals surface area contributed by atoms with E-state index in [-0.39, 0.29) is 11.9 Å². The van der Waals surface area contributed by atoms with E-state index in [4.69, 9.17) is 0 Å². The summed E-state index contributed by atoms with van der Waals surface area (Å²) in [6.07, 6.45) is 1.07. The highest BCUT2D eigenvalue weighted by Gasteiger charge is 2.25. The van der Waals surface area contributed by atoms with Crippen LogP contribution in [0.3, 0.4) is 0 Å². The number of hydrogen-bond donors (Lipinski definition) is 0. The molecule has 0 saturated heterocycles. The summed E-state index contributed by atoms with van der Waals surface area (Å²) in [5.74, 6) is -0.182. The highest BCUT2D eigenvalue weighted by atomic mass is 19.1. The second-order valence-corrected chi connectivity index (χ2v) is 8.08. The Morgan fingerprint density at radius 3 is 2.56 bits per heavy atom. The Morgan fingerprint density at radius 1 is 1.11 bits per heavy atom. The summed E-state index contributed by atoms with van der Waals surface area (Å²) in [7, 11) is 6.40. The zero-order valence-corrected chi connectivity index (χ0v) is 16.7. The van der Waals surface area contributed by atoms with Gasteiger partial charge in [-0.05, 0) is 63.5 Å². The molecule has 4 rings (SSSR count). The summed E-state index contributed by atoms with van der Waals surface area (Å²) < 4.78 is 15.9. The molecule has 4 heteroatoms. The number of hydrogen-bond acceptors (Lipinski definition) is 2. The molecule has 0 bridgehead atoms. The van der Waals surface area contributed by atoms with Crippen molar-refractivity contribution in [1.82, 2.24) is 14.4 Å². The van der Waals surface area contributed by atoms with Crippen LogP contribution in [0.4, 0.5) is 4.39 Å². The van der Waals surface area contributed by atoms with Crippen molar-refractivity contribution in [2.75, 3.05) is 27.7 Å². The van der Waals surface area contributed by atoms with Crippen molar-refractivity contribution < 1.29 is 4.39 Å². The van der Waals surface area contributed by atoms with Gasteiger partial charge in [0, 0.05) is 42.7 Å². The van der Waals surface area contributed by atoms with E-state index in [1.807, 2.05) is 12.1 Å². The summed E-state index contributed by atoms with van der Waals surface area (Å²) in [5.41, 5.74) is 6.70. The fourth-order valence-electron chi connectivity index (χ4n) is 4.33. The van der Waals surface area contributed by atoms with Crippen LogP contribution < -0.4 is 0 Å². The molecule has 1 aliphatic heterocycles. The number of benzene rings is 2. The number of likely N-dealkylation sites (N-methyl/N-ethyl adjacent to an activating group) is 2. The van der Waals surface area contributed by atoms with Gasteiger partial charge in [-0.3, -0.25) is 0 Å². The lowest BCUT2D eigenvalue weighted by Gasteiger charge is -2.29. The van der Waals surface area contributed by atoms with Crippen molar-refractivity contribution in [3.8, 4) is 0 Å². The normalized spacial score (nSPS) is 16.1. The molecule has 1 aromatic heterocycles. The van der Waals surface area contributed by atoms with Crippen molar-refractivity contribution in [3.63, 3.8) is 0 Å². The maximum atomic E-state index is 13.4. The van der Waals surface area contributed by atoms with Gasteiger partial charge in [0.2, 0.25) is 0 Å². The van der Waals surface area contributed by atoms with Crippen LogP contribution in [0.2, 0.25) is 0 Å². The van der Waals surface area contributed by atoms with Gasteiger partial charge in [-0.2, -0.15) is 0 Å². The molecule has 0 fully saturated rings. The zero-order chi connectivity index (χ0) is 19.1. The molecule has 0 amide bonds. The Labute approximate surface area is 161 Å². The van der Waals surface area contributed by atoms with Crippen LogP contribution >= 0.6 is 0 Å². The average Bonchev–Trinajstić information content (AvgIpc) is 2.92. The molecule has 3 aromatic rings. The van der Waals surface area contributed by atoms with Gasteiger partial charge in [0.05, 0.1) is 6.04 Å². The molecule has 2 heterocycles. The molecule has 0 spiro atoms. The fourth-order valence-corrected chi connectivity index (χ4v) is 4.33. The molecule has 1 atom stereocenters. The zero-order valence-electron chi connectivity index (χ0n) is 16.7. The Bertz CT molecular complexity index is 956. The second-order valence-electron chi connectivity index (χ2n) is 8.08. The molecule has 1 aliphatic rings. The first-order valence-electron chi connectivity index (χ1n) is 9.65. The van der Waals surface area contributed by atoms with Gasteiger partial charge < -0.3 is 14.4 Å². The highest BCUT2D eigenvalue weighted by molar-refractivity contribution is 5.86. The van der Waals surface area contributed by atoms with E-state index < -0.39 is 0 Å². The standard InChI is InChI=1S/C23H28FN3/c1-16-5-10-21-19(13-16)20-14-26(4)12-11-22(20)27(21)15-23(25(2)3)17-6-8-18(24)9-7-17/h5-10,13,23H,11-12,14-15H2,1-4H3. The van der Waals surface area contributed by atoms with E-state index in [9.17, 15) is 4.39 Å². The van der Waals surface area contributed by atoms with Crippen molar-refractivity contribution >= 4 is 10.9 Å². The number of rotatable bonds is 4. The second kappa shape index (κ2) is 7.10. The minimum absolute atomic E-state index is 0.182. The molecule has 142 valence electrons.